The molecule has 3 aromatic rings. The first kappa shape index (κ1) is 23.2. The van der Waals surface area contributed by atoms with Gasteiger partial charge in [0.05, 0.1) is 17.2 Å². The third-order valence-electron chi connectivity index (χ3n) is 4.72. The van der Waals surface area contributed by atoms with Gasteiger partial charge in [0.15, 0.2) is 29.0 Å². The summed E-state index contributed by atoms with van der Waals surface area (Å²) in [5.41, 5.74) is -2.21. The lowest BCUT2D eigenvalue weighted by Gasteiger charge is -2.16. The zero-order chi connectivity index (χ0) is 23.8. The molecule has 0 aliphatic heterocycles. The molecule has 32 heavy (non-hydrogen) atoms. The molecule has 0 amide bonds. The van der Waals surface area contributed by atoms with Crippen LogP contribution in [0.15, 0.2) is 42.6 Å². The molecule has 0 spiro atoms. The monoisotopic (exact) mass is 461 g/mol. The number of aromatic nitrogens is 1. The summed E-state index contributed by atoms with van der Waals surface area (Å²) in [5, 5.41) is 8.96. The molecule has 1 aromatic heterocycles. The smallest absolute Gasteiger partial charge is 0.418 e. The van der Waals surface area contributed by atoms with Crippen molar-refractivity contribution < 1.29 is 45.4 Å². The maximum atomic E-state index is 14.3. The Morgan fingerprint density at radius 3 is 2.16 bits per heavy atom. The number of benzene rings is 2. The molecule has 0 fully saturated rings. The fraction of sp³-hybridized carbons (Fsp3) is 0.190. The number of halogens is 7. The first-order valence-electron chi connectivity index (χ1n) is 8.97. The maximum absolute atomic E-state index is 14.3. The lowest BCUT2D eigenvalue weighted by Crippen LogP contribution is -2.14. The number of hydrogen-bond acceptors (Lipinski definition) is 2. The van der Waals surface area contributed by atoms with Crippen molar-refractivity contribution in [1.82, 2.24) is 4.57 Å². The van der Waals surface area contributed by atoms with Gasteiger partial charge in [-0.1, -0.05) is 0 Å². The molecule has 3 rings (SSSR count). The van der Waals surface area contributed by atoms with Crippen LogP contribution in [0, 0.1) is 23.3 Å². The van der Waals surface area contributed by atoms with Gasteiger partial charge >= 0.3 is 12.1 Å². The Labute approximate surface area is 176 Å². The van der Waals surface area contributed by atoms with Crippen molar-refractivity contribution in [3.8, 4) is 11.4 Å². The van der Waals surface area contributed by atoms with E-state index in [1.165, 1.54) is 6.92 Å². The van der Waals surface area contributed by atoms with Gasteiger partial charge in [-0.2, -0.15) is 13.2 Å². The van der Waals surface area contributed by atoms with Crippen LogP contribution in [-0.2, 0) is 17.6 Å². The highest BCUT2D eigenvalue weighted by atomic mass is 19.4. The topological polar surface area (TPSA) is 51.5 Å². The molecule has 2 aromatic carbocycles. The predicted octanol–water partition coefficient (Wildman–Crippen LogP) is 5.82. The van der Waals surface area contributed by atoms with Crippen LogP contribution < -0.4 is 4.74 Å². The first-order valence-corrected chi connectivity index (χ1v) is 8.97. The Balaban J connectivity index is 1.99. The molecule has 1 N–H and O–H groups in total. The number of carboxylic acids is 1. The summed E-state index contributed by atoms with van der Waals surface area (Å²) in [7, 11) is 0. The summed E-state index contributed by atoms with van der Waals surface area (Å²) in [6, 6.07) is 4.45. The van der Waals surface area contributed by atoms with E-state index < -0.39 is 64.9 Å². The minimum atomic E-state index is -4.87. The second-order valence-corrected chi connectivity index (χ2v) is 6.80. The van der Waals surface area contributed by atoms with Gasteiger partial charge in [0.25, 0.3) is 0 Å². The molecule has 0 bridgehead atoms. The Hall–Kier alpha value is -3.50. The largest absolute Gasteiger partial charge is 0.481 e. The summed E-state index contributed by atoms with van der Waals surface area (Å²) in [5.74, 6) is -8.74. The molecular weight excluding hydrogens is 447 g/mol. The van der Waals surface area contributed by atoms with Gasteiger partial charge in [-0.05, 0) is 42.8 Å². The molecule has 11 heteroatoms. The Bertz CT molecular complexity index is 1150. The van der Waals surface area contributed by atoms with Crippen molar-refractivity contribution in [3.63, 3.8) is 0 Å². The van der Waals surface area contributed by atoms with Crippen LogP contribution in [0.3, 0.4) is 0 Å². The van der Waals surface area contributed by atoms with Crippen LogP contribution in [0.1, 0.15) is 29.7 Å². The Morgan fingerprint density at radius 2 is 1.62 bits per heavy atom. The molecule has 0 aliphatic carbocycles. The van der Waals surface area contributed by atoms with E-state index in [0.717, 1.165) is 16.8 Å². The fourth-order valence-electron chi connectivity index (χ4n) is 3.00. The lowest BCUT2D eigenvalue weighted by atomic mass is 10.0. The molecule has 170 valence electrons. The summed E-state index contributed by atoms with van der Waals surface area (Å²) in [6.07, 6.45) is -3.95. The molecule has 1 heterocycles. The Morgan fingerprint density at radius 1 is 1.00 bits per heavy atom. The SMILES string of the molecule is CC(C(=O)O)c1cc(F)c(OCc2c(C(F)(F)F)ccn2-c2ccc(F)c(F)c2)c(F)c1. The zero-order valence-corrected chi connectivity index (χ0v) is 16.2. The quantitative estimate of drug-likeness (QED) is 0.471. The van der Waals surface area contributed by atoms with Crippen LogP contribution in [0.5, 0.6) is 5.75 Å². The van der Waals surface area contributed by atoms with Gasteiger partial charge in [-0.3, -0.25) is 4.79 Å². The van der Waals surface area contributed by atoms with Gasteiger partial charge in [0.1, 0.15) is 6.61 Å². The third kappa shape index (κ3) is 4.56. The van der Waals surface area contributed by atoms with Gasteiger partial charge in [-0.15, -0.1) is 0 Å². The zero-order valence-electron chi connectivity index (χ0n) is 16.2. The van der Waals surface area contributed by atoms with Crippen LogP contribution in [0.2, 0.25) is 0 Å². The molecular formula is C21H14F7NO3. The normalized spacial score (nSPS) is 12.6. The number of hydrogen-bond donors (Lipinski definition) is 1. The van der Waals surface area contributed by atoms with E-state index in [4.69, 9.17) is 9.84 Å². The van der Waals surface area contributed by atoms with E-state index in [-0.39, 0.29) is 11.3 Å². The lowest BCUT2D eigenvalue weighted by molar-refractivity contribution is -0.139. The minimum Gasteiger partial charge on any atom is -0.481 e. The second-order valence-electron chi connectivity index (χ2n) is 6.80. The van der Waals surface area contributed by atoms with Crippen molar-refractivity contribution in [2.45, 2.75) is 25.6 Å². The number of ether oxygens (including phenoxy) is 1. The van der Waals surface area contributed by atoms with Gasteiger partial charge < -0.3 is 14.4 Å². The van der Waals surface area contributed by atoms with E-state index in [1.807, 2.05) is 0 Å². The van der Waals surface area contributed by atoms with Crippen molar-refractivity contribution in [2.24, 2.45) is 0 Å². The number of nitrogens with zero attached hydrogens (tertiary/aromatic N) is 1. The van der Waals surface area contributed by atoms with Gasteiger partial charge in [-0.25, -0.2) is 17.6 Å². The minimum absolute atomic E-state index is 0.176. The second kappa shape index (κ2) is 8.56. The third-order valence-corrected chi connectivity index (χ3v) is 4.72. The fourth-order valence-corrected chi connectivity index (χ4v) is 3.00. The van der Waals surface area contributed by atoms with Gasteiger partial charge in [0, 0.05) is 18.0 Å². The van der Waals surface area contributed by atoms with Crippen LogP contribution >= 0.6 is 0 Å². The Kier molecular flexibility index (Phi) is 6.20. The summed E-state index contributed by atoms with van der Waals surface area (Å²) >= 11 is 0. The number of alkyl halides is 3. The molecule has 0 saturated carbocycles. The summed E-state index contributed by atoms with van der Waals surface area (Å²) in [6.45, 7) is 0.212. The average Bonchev–Trinajstić information content (AvgIpc) is 3.13. The molecule has 1 atom stereocenters. The summed E-state index contributed by atoms with van der Waals surface area (Å²) < 4.78 is 102. The van der Waals surface area contributed by atoms with Crippen molar-refractivity contribution in [2.75, 3.05) is 0 Å². The molecule has 4 nitrogen and oxygen atoms in total. The van der Waals surface area contributed by atoms with E-state index in [2.05, 4.69) is 0 Å². The average molecular weight is 461 g/mol. The molecule has 0 aliphatic rings. The van der Waals surface area contributed by atoms with Gasteiger partial charge in [0.2, 0.25) is 0 Å². The highest BCUT2D eigenvalue weighted by molar-refractivity contribution is 5.75. The number of carboxylic acid groups (broad SMARTS) is 1. The van der Waals surface area contributed by atoms with Crippen LogP contribution in [-0.4, -0.2) is 15.6 Å². The van der Waals surface area contributed by atoms with Crippen molar-refractivity contribution >= 4 is 5.97 Å². The number of aliphatic carboxylic acids is 1. The highest BCUT2D eigenvalue weighted by Gasteiger charge is 2.36. The molecule has 0 radical (unpaired) electrons. The van der Waals surface area contributed by atoms with E-state index in [9.17, 15) is 35.5 Å². The molecule has 0 saturated heterocycles. The number of carbonyl (C=O) groups is 1. The van der Waals surface area contributed by atoms with E-state index in [1.54, 1.807) is 0 Å². The van der Waals surface area contributed by atoms with Crippen LogP contribution in [0.4, 0.5) is 30.7 Å². The van der Waals surface area contributed by atoms with E-state index in [0.29, 0.717) is 30.3 Å². The standard InChI is InChI=1S/C21H14F7NO3/c1-10(20(30)31)11-6-16(24)19(17(25)7-11)32-9-18-13(21(26,27)28)4-5-29(18)12-2-3-14(22)15(23)8-12/h2-8,10H,9H2,1H3,(H,30,31). The first-order chi connectivity index (χ1) is 14.9. The summed E-state index contributed by atoms with van der Waals surface area (Å²) in [4.78, 5) is 11.0. The number of rotatable bonds is 6. The highest BCUT2D eigenvalue weighted by Crippen LogP contribution is 2.35. The molecule has 1 unspecified atom stereocenters. The maximum Gasteiger partial charge on any atom is 0.418 e. The van der Waals surface area contributed by atoms with Crippen molar-refractivity contribution in [1.29, 1.82) is 0 Å². The van der Waals surface area contributed by atoms with Crippen LogP contribution in [0.25, 0.3) is 5.69 Å². The predicted molar refractivity (Wildman–Crippen MR) is 97.4 cm³/mol. The van der Waals surface area contributed by atoms with E-state index >= 15 is 0 Å². The van der Waals surface area contributed by atoms with Crippen molar-refractivity contribution in [3.05, 3.63) is 82.7 Å².